The van der Waals surface area contributed by atoms with Crippen LogP contribution in [0.25, 0.3) is 0 Å². The van der Waals surface area contributed by atoms with Gasteiger partial charge in [0.2, 0.25) is 0 Å². The molecule has 0 spiro atoms. The number of benzene rings is 1. The molecule has 0 heterocycles. The van der Waals surface area contributed by atoms with Crippen LogP contribution in [0.2, 0.25) is 0 Å². The molecule has 0 aliphatic carbocycles. The Bertz CT molecular complexity index is 303. The highest BCUT2D eigenvalue weighted by Crippen LogP contribution is 2.22. The number of ether oxygens (including phenoxy) is 1. The Balaban J connectivity index is 2.54. The minimum Gasteiger partial charge on any atom is -0.380 e. The first-order valence-corrected chi connectivity index (χ1v) is 5.95. The molecule has 0 aromatic heterocycles. The smallest absolute Gasteiger partial charge is 0.0667 e. The molecule has 1 aromatic carbocycles. The number of hydrogen-bond acceptors (Lipinski definition) is 2. The number of nitrogens with one attached hydrogen (secondary N) is 1. The lowest BCUT2D eigenvalue weighted by atomic mass is 10.1. The molecule has 0 aliphatic heterocycles. The highest BCUT2D eigenvalue weighted by Gasteiger charge is 2.09. The highest BCUT2D eigenvalue weighted by atomic mass is 79.9. The van der Waals surface area contributed by atoms with Crippen LogP contribution in [0.1, 0.15) is 25.5 Å². The minimum absolute atomic E-state index is 0.245. The topological polar surface area (TPSA) is 21.3 Å². The molecular formula is C12H18BrNO. The van der Waals surface area contributed by atoms with Gasteiger partial charge >= 0.3 is 0 Å². The van der Waals surface area contributed by atoms with Gasteiger partial charge in [-0.25, -0.2) is 0 Å². The van der Waals surface area contributed by atoms with E-state index >= 15 is 0 Å². The Hall–Kier alpha value is -0.380. The normalized spacial score (nSPS) is 14.9. The lowest BCUT2D eigenvalue weighted by molar-refractivity contribution is 0.115. The Labute approximate surface area is 100 Å². The van der Waals surface area contributed by atoms with Gasteiger partial charge in [-0.1, -0.05) is 34.1 Å². The number of methoxy groups -OCH3 is 1. The summed E-state index contributed by atoms with van der Waals surface area (Å²) in [7, 11) is 1.73. The molecule has 84 valence electrons. The second-order valence-electron chi connectivity index (χ2n) is 3.70. The summed E-state index contributed by atoms with van der Waals surface area (Å²) in [5.41, 5.74) is 1.28. The van der Waals surface area contributed by atoms with Gasteiger partial charge in [0.25, 0.3) is 0 Å². The summed E-state index contributed by atoms with van der Waals surface area (Å²) < 4.78 is 6.34. The molecule has 0 fully saturated rings. The van der Waals surface area contributed by atoms with Gasteiger partial charge in [-0.15, -0.1) is 0 Å². The fourth-order valence-electron chi connectivity index (χ4n) is 1.36. The summed E-state index contributed by atoms with van der Waals surface area (Å²) >= 11 is 3.55. The van der Waals surface area contributed by atoms with Crippen molar-refractivity contribution in [2.45, 2.75) is 26.0 Å². The molecule has 0 aliphatic rings. The van der Waals surface area contributed by atoms with Gasteiger partial charge in [0.05, 0.1) is 6.10 Å². The van der Waals surface area contributed by atoms with Crippen molar-refractivity contribution >= 4 is 15.9 Å². The molecule has 0 radical (unpaired) electrons. The zero-order valence-corrected chi connectivity index (χ0v) is 11.0. The van der Waals surface area contributed by atoms with E-state index in [2.05, 4.69) is 53.3 Å². The third kappa shape index (κ3) is 3.93. The molecule has 2 atom stereocenters. The Morgan fingerprint density at radius 1 is 1.33 bits per heavy atom. The molecule has 1 unspecified atom stereocenters. The second kappa shape index (κ2) is 6.26. The van der Waals surface area contributed by atoms with Crippen molar-refractivity contribution in [1.82, 2.24) is 5.32 Å². The van der Waals surface area contributed by atoms with E-state index in [9.17, 15) is 0 Å². The maximum atomic E-state index is 5.19. The summed E-state index contributed by atoms with van der Waals surface area (Å²) in [5, 5.41) is 3.44. The summed E-state index contributed by atoms with van der Waals surface area (Å²) in [6, 6.07) is 8.60. The van der Waals surface area contributed by atoms with Gasteiger partial charge in [-0.05, 0) is 25.5 Å². The van der Waals surface area contributed by atoms with Gasteiger partial charge in [0, 0.05) is 24.2 Å². The standard InChI is InChI=1S/C12H18BrNO/c1-9(15-3)8-14-10(2)11-6-4-5-7-12(11)13/h4-7,9-10,14H,8H2,1-3H3/t9?,10-/m0/s1. The van der Waals surface area contributed by atoms with E-state index in [0.717, 1.165) is 11.0 Å². The third-order valence-corrected chi connectivity index (χ3v) is 3.21. The average molecular weight is 272 g/mol. The van der Waals surface area contributed by atoms with Crippen LogP contribution in [0, 0.1) is 0 Å². The molecular weight excluding hydrogens is 254 g/mol. The Kier molecular flexibility index (Phi) is 5.29. The van der Waals surface area contributed by atoms with Gasteiger partial charge in [0.1, 0.15) is 0 Å². The quantitative estimate of drug-likeness (QED) is 0.889. The zero-order valence-electron chi connectivity index (χ0n) is 9.46. The van der Waals surface area contributed by atoms with Crippen molar-refractivity contribution in [2.75, 3.05) is 13.7 Å². The van der Waals surface area contributed by atoms with E-state index in [0.29, 0.717) is 6.04 Å². The van der Waals surface area contributed by atoms with Crippen molar-refractivity contribution in [1.29, 1.82) is 0 Å². The minimum atomic E-state index is 0.245. The molecule has 1 rings (SSSR count). The molecule has 3 heteroatoms. The van der Waals surface area contributed by atoms with Crippen LogP contribution in [0.5, 0.6) is 0 Å². The van der Waals surface area contributed by atoms with Crippen molar-refractivity contribution in [3.8, 4) is 0 Å². The fraction of sp³-hybridized carbons (Fsp3) is 0.500. The first-order valence-electron chi connectivity index (χ1n) is 5.15. The highest BCUT2D eigenvalue weighted by molar-refractivity contribution is 9.10. The summed E-state index contributed by atoms with van der Waals surface area (Å²) in [5.74, 6) is 0. The molecule has 0 bridgehead atoms. The first kappa shape index (κ1) is 12.7. The van der Waals surface area contributed by atoms with Crippen molar-refractivity contribution in [2.24, 2.45) is 0 Å². The van der Waals surface area contributed by atoms with E-state index in [4.69, 9.17) is 4.74 Å². The maximum absolute atomic E-state index is 5.19. The van der Waals surface area contributed by atoms with Crippen LogP contribution in [0.15, 0.2) is 28.7 Å². The van der Waals surface area contributed by atoms with E-state index in [1.165, 1.54) is 5.56 Å². The first-order chi connectivity index (χ1) is 7.15. The monoisotopic (exact) mass is 271 g/mol. The predicted molar refractivity (Wildman–Crippen MR) is 67.0 cm³/mol. The van der Waals surface area contributed by atoms with Gasteiger partial charge < -0.3 is 10.1 Å². The maximum Gasteiger partial charge on any atom is 0.0667 e. The van der Waals surface area contributed by atoms with E-state index < -0.39 is 0 Å². The SMILES string of the molecule is COC(C)CN[C@@H](C)c1ccccc1Br. The summed E-state index contributed by atoms with van der Waals surface area (Å²) in [4.78, 5) is 0. The lowest BCUT2D eigenvalue weighted by Crippen LogP contribution is -2.28. The van der Waals surface area contributed by atoms with Crippen molar-refractivity contribution in [3.63, 3.8) is 0 Å². The van der Waals surface area contributed by atoms with Gasteiger partial charge in [-0.3, -0.25) is 0 Å². The van der Waals surface area contributed by atoms with Crippen LogP contribution >= 0.6 is 15.9 Å². The fourth-order valence-corrected chi connectivity index (χ4v) is 1.99. The molecule has 1 N–H and O–H groups in total. The van der Waals surface area contributed by atoms with Crippen molar-refractivity contribution in [3.05, 3.63) is 34.3 Å². The summed E-state index contributed by atoms with van der Waals surface area (Å²) in [6.45, 7) is 5.07. The Morgan fingerprint density at radius 2 is 2.00 bits per heavy atom. The van der Waals surface area contributed by atoms with Crippen LogP contribution in [-0.4, -0.2) is 19.8 Å². The molecule has 2 nitrogen and oxygen atoms in total. The number of hydrogen-bond donors (Lipinski definition) is 1. The van der Waals surface area contributed by atoms with Crippen LogP contribution < -0.4 is 5.32 Å². The third-order valence-electron chi connectivity index (χ3n) is 2.49. The molecule has 15 heavy (non-hydrogen) atoms. The zero-order chi connectivity index (χ0) is 11.3. The number of rotatable bonds is 5. The summed E-state index contributed by atoms with van der Waals surface area (Å²) in [6.07, 6.45) is 0.245. The average Bonchev–Trinajstić information content (AvgIpc) is 2.26. The van der Waals surface area contributed by atoms with E-state index in [1.54, 1.807) is 7.11 Å². The van der Waals surface area contributed by atoms with Crippen LogP contribution in [0.3, 0.4) is 0 Å². The van der Waals surface area contributed by atoms with Crippen LogP contribution in [-0.2, 0) is 4.74 Å². The van der Waals surface area contributed by atoms with Crippen LogP contribution in [0.4, 0.5) is 0 Å². The number of halogens is 1. The molecule has 0 saturated heterocycles. The molecule has 1 aromatic rings. The predicted octanol–water partition coefficient (Wildman–Crippen LogP) is 3.13. The largest absolute Gasteiger partial charge is 0.380 e. The van der Waals surface area contributed by atoms with E-state index in [-0.39, 0.29) is 6.10 Å². The Morgan fingerprint density at radius 3 is 2.60 bits per heavy atom. The second-order valence-corrected chi connectivity index (χ2v) is 4.55. The van der Waals surface area contributed by atoms with E-state index in [1.807, 2.05) is 6.07 Å². The molecule has 0 saturated carbocycles. The van der Waals surface area contributed by atoms with Crippen molar-refractivity contribution < 1.29 is 4.74 Å². The molecule has 0 amide bonds. The van der Waals surface area contributed by atoms with Gasteiger partial charge in [-0.2, -0.15) is 0 Å². The lowest BCUT2D eigenvalue weighted by Gasteiger charge is -2.18. The van der Waals surface area contributed by atoms with Gasteiger partial charge in [0.15, 0.2) is 0 Å².